The summed E-state index contributed by atoms with van der Waals surface area (Å²) in [5, 5.41) is 3.78. The molecule has 0 radical (unpaired) electrons. The van der Waals surface area contributed by atoms with Gasteiger partial charge < -0.3 is 5.32 Å². The van der Waals surface area contributed by atoms with Crippen molar-refractivity contribution in [1.29, 1.82) is 0 Å². The smallest absolute Gasteiger partial charge is 0.0794 e. The molecular formula is C16H28N2S. The number of hydrogen-bond acceptors (Lipinski definition) is 3. The molecule has 0 aromatic carbocycles. The molecule has 1 heterocycles. The number of aromatic nitrogens is 1. The van der Waals surface area contributed by atoms with Crippen molar-refractivity contribution in [2.24, 2.45) is 11.8 Å². The van der Waals surface area contributed by atoms with E-state index in [0.717, 1.165) is 17.9 Å². The zero-order valence-corrected chi connectivity index (χ0v) is 13.2. The summed E-state index contributed by atoms with van der Waals surface area (Å²) in [6, 6.07) is 0.732. The Hall–Kier alpha value is -0.410. The van der Waals surface area contributed by atoms with Gasteiger partial charge in [0.05, 0.1) is 5.51 Å². The minimum atomic E-state index is 0.732. The fourth-order valence-corrected chi connectivity index (χ4v) is 4.15. The van der Waals surface area contributed by atoms with Crippen LogP contribution in [0.15, 0.2) is 11.7 Å². The van der Waals surface area contributed by atoms with Crippen LogP contribution < -0.4 is 5.32 Å². The SMILES string of the molecule is CCCNC1CCC(CCC)CC1Cc1cncs1. The highest BCUT2D eigenvalue weighted by Crippen LogP contribution is 2.34. The van der Waals surface area contributed by atoms with Gasteiger partial charge in [-0.25, -0.2) is 0 Å². The maximum absolute atomic E-state index is 4.23. The highest BCUT2D eigenvalue weighted by molar-refractivity contribution is 7.09. The van der Waals surface area contributed by atoms with Crippen LogP contribution in [0.3, 0.4) is 0 Å². The lowest BCUT2D eigenvalue weighted by molar-refractivity contribution is 0.194. The van der Waals surface area contributed by atoms with Gasteiger partial charge in [0.1, 0.15) is 0 Å². The van der Waals surface area contributed by atoms with Gasteiger partial charge in [-0.15, -0.1) is 11.3 Å². The van der Waals surface area contributed by atoms with E-state index in [0.29, 0.717) is 0 Å². The molecule has 1 aromatic heterocycles. The van der Waals surface area contributed by atoms with E-state index < -0.39 is 0 Å². The first-order valence-electron chi connectivity index (χ1n) is 7.94. The second-order valence-corrected chi connectivity index (χ2v) is 6.93. The van der Waals surface area contributed by atoms with Gasteiger partial charge >= 0.3 is 0 Å². The number of rotatable bonds is 7. The minimum Gasteiger partial charge on any atom is -0.314 e. The van der Waals surface area contributed by atoms with Crippen molar-refractivity contribution in [2.45, 2.75) is 64.8 Å². The average Bonchev–Trinajstić information content (AvgIpc) is 2.91. The van der Waals surface area contributed by atoms with Gasteiger partial charge in [-0.1, -0.05) is 26.7 Å². The Kier molecular flexibility index (Phi) is 6.32. The van der Waals surface area contributed by atoms with Gasteiger partial charge in [-0.05, 0) is 50.5 Å². The van der Waals surface area contributed by atoms with Crippen LogP contribution in [0.2, 0.25) is 0 Å². The highest BCUT2D eigenvalue weighted by Gasteiger charge is 2.29. The Morgan fingerprint density at radius 3 is 2.89 bits per heavy atom. The summed E-state index contributed by atoms with van der Waals surface area (Å²) in [4.78, 5) is 5.69. The predicted molar refractivity (Wildman–Crippen MR) is 83.6 cm³/mol. The second-order valence-electron chi connectivity index (χ2n) is 5.96. The van der Waals surface area contributed by atoms with Gasteiger partial charge in [0.15, 0.2) is 0 Å². The lowest BCUT2D eigenvalue weighted by atomic mass is 9.75. The van der Waals surface area contributed by atoms with Gasteiger partial charge in [0.25, 0.3) is 0 Å². The van der Waals surface area contributed by atoms with Gasteiger partial charge in [-0.3, -0.25) is 4.98 Å². The molecule has 0 aliphatic heterocycles. The standard InChI is InChI=1S/C16H28N2S/c1-3-5-13-6-7-16(18-8-4-2)14(9-13)10-15-11-17-12-19-15/h11-14,16,18H,3-10H2,1-2H3. The molecule has 2 rings (SSSR count). The summed E-state index contributed by atoms with van der Waals surface area (Å²) in [7, 11) is 0. The molecular weight excluding hydrogens is 252 g/mol. The number of nitrogens with zero attached hydrogens (tertiary/aromatic N) is 1. The predicted octanol–water partition coefficient (Wildman–Crippen LogP) is 4.27. The summed E-state index contributed by atoms with van der Waals surface area (Å²) in [5.41, 5.74) is 1.97. The number of hydrogen-bond donors (Lipinski definition) is 1. The summed E-state index contributed by atoms with van der Waals surface area (Å²) >= 11 is 1.82. The molecule has 1 N–H and O–H groups in total. The van der Waals surface area contributed by atoms with Crippen molar-refractivity contribution < 1.29 is 0 Å². The van der Waals surface area contributed by atoms with Gasteiger partial charge in [-0.2, -0.15) is 0 Å². The topological polar surface area (TPSA) is 24.9 Å². The molecule has 3 unspecified atom stereocenters. The summed E-state index contributed by atoms with van der Waals surface area (Å²) in [5.74, 6) is 1.78. The lowest BCUT2D eigenvalue weighted by Gasteiger charge is -2.36. The quantitative estimate of drug-likeness (QED) is 0.807. The van der Waals surface area contributed by atoms with Crippen molar-refractivity contribution in [2.75, 3.05) is 6.54 Å². The van der Waals surface area contributed by atoms with Crippen LogP contribution in [-0.2, 0) is 6.42 Å². The van der Waals surface area contributed by atoms with Crippen LogP contribution in [-0.4, -0.2) is 17.6 Å². The van der Waals surface area contributed by atoms with Crippen LogP contribution >= 0.6 is 11.3 Å². The molecule has 1 fully saturated rings. The Bertz CT molecular complexity index is 337. The van der Waals surface area contributed by atoms with Crippen molar-refractivity contribution in [3.63, 3.8) is 0 Å². The molecule has 3 atom stereocenters. The first-order chi connectivity index (χ1) is 9.33. The highest BCUT2D eigenvalue weighted by atomic mass is 32.1. The number of thiazole rings is 1. The first kappa shape index (κ1) is 15.0. The van der Waals surface area contributed by atoms with E-state index >= 15 is 0 Å². The molecule has 0 saturated heterocycles. The molecule has 1 aliphatic carbocycles. The maximum atomic E-state index is 4.23. The molecule has 1 aliphatic rings. The molecule has 0 amide bonds. The summed E-state index contributed by atoms with van der Waals surface area (Å²) < 4.78 is 0. The van der Waals surface area contributed by atoms with Gasteiger partial charge in [0, 0.05) is 17.1 Å². The van der Waals surface area contributed by atoms with Crippen molar-refractivity contribution in [3.05, 3.63) is 16.6 Å². The minimum absolute atomic E-state index is 0.732. The largest absolute Gasteiger partial charge is 0.314 e. The first-order valence-corrected chi connectivity index (χ1v) is 8.82. The molecule has 108 valence electrons. The van der Waals surface area contributed by atoms with E-state index in [1.165, 1.54) is 56.4 Å². The van der Waals surface area contributed by atoms with E-state index in [1.807, 2.05) is 16.8 Å². The third kappa shape index (κ3) is 4.57. The van der Waals surface area contributed by atoms with E-state index in [9.17, 15) is 0 Å². The Balaban J connectivity index is 1.93. The average molecular weight is 280 g/mol. The normalized spacial score (nSPS) is 27.6. The van der Waals surface area contributed by atoms with E-state index in [4.69, 9.17) is 0 Å². The van der Waals surface area contributed by atoms with Crippen molar-refractivity contribution >= 4 is 11.3 Å². The molecule has 19 heavy (non-hydrogen) atoms. The van der Waals surface area contributed by atoms with Crippen molar-refractivity contribution in [1.82, 2.24) is 10.3 Å². The van der Waals surface area contributed by atoms with Crippen molar-refractivity contribution in [3.8, 4) is 0 Å². The van der Waals surface area contributed by atoms with Crippen LogP contribution in [0.5, 0.6) is 0 Å². The molecule has 0 spiro atoms. The van der Waals surface area contributed by atoms with Gasteiger partial charge in [0.2, 0.25) is 0 Å². The Morgan fingerprint density at radius 2 is 2.21 bits per heavy atom. The van der Waals surface area contributed by atoms with E-state index in [-0.39, 0.29) is 0 Å². The fraction of sp³-hybridized carbons (Fsp3) is 0.812. The zero-order chi connectivity index (χ0) is 13.5. The van der Waals surface area contributed by atoms with Crippen LogP contribution in [0.1, 0.15) is 57.2 Å². The molecule has 3 heteroatoms. The lowest BCUT2D eigenvalue weighted by Crippen LogP contribution is -2.41. The summed E-state index contributed by atoms with van der Waals surface area (Å²) in [6.07, 6.45) is 11.5. The second kappa shape index (κ2) is 8.01. The van der Waals surface area contributed by atoms with Crippen LogP contribution in [0, 0.1) is 11.8 Å². The Morgan fingerprint density at radius 1 is 1.32 bits per heavy atom. The third-order valence-electron chi connectivity index (χ3n) is 4.39. The summed E-state index contributed by atoms with van der Waals surface area (Å²) in [6.45, 7) is 5.75. The number of nitrogens with one attached hydrogen (secondary N) is 1. The van der Waals surface area contributed by atoms with E-state index in [1.54, 1.807) is 0 Å². The monoisotopic (exact) mass is 280 g/mol. The maximum Gasteiger partial charge on any atom is 0.0794 e. The molecule has 1 aromatic rings. The molecule has 1 saturated carbocycles. The molecule has 0 bridgehead atoms. The van der Waals surface area contributed by atoms with E-state index in [2.05, 4.69) is 30.3 Å². The van der Waals surface area contributed by atoms with Crippen LogP contribution in [0.25, 0.3) is 0 Å². The third-order valence-corrected chi connectivity index (χ3v) is 5.19. The fourth-order valence-electron chi connectivity index (χ4n) is 3.46. The Labute approximate surface area is 122 Å². The van der Waals surface area contributed by atoms with Crippen LogP contribution in [0.4, 0.5) is 0 Å². The zero-order valence-electron chi connectivity index (χ0n) is 12.4. The molecule has 2 nitrogen and oxygen atoms in total.